The van der Waals surface area contributed by atoms with Gasteiger partial charge in [0.05, 0.1) is 17.3 Å². The van der Waals surface area contributed by atoms with E-state index >= 15 is 0 Å². The molecule has 0 unspecified atom stereocenters. The Morgan fingerprint density at radius 3 is 2.81 bits per heavy atom. The highest BCUT2D eigenvalue weighted by Gasteiger charge is 2.20. The maximum Gasteiger partial charge on any atom is 0.271 e. The number of hydrogen-bond acceptors (Lipinski definition) is 5. The van der Waals surface area contributed by atoms with Crippen LogP contribution in [0.1, 0.15) is 58.4 Å². The lowest BCUT2D eigenvalue weighted by Crippen LogP contribution is -2.17. The van der Waals surface area contributed by atoms with Crippen LogP contribution in [0, 0.1) is 17.2 Å². The highest BCUT2D eigenvalue weighted by atomic mass is 16.3. The number of nitrogens with one attached hydrogen (secondary N) is 1. The molecule has 0 bridgehead atoms. The first kappa shape index (κ1) is 20.4. The minimum absolute atomic E-state index is 0.0185. The van der Waals surface area contributed by atoms with Gasteiger partial charge in [-0.25, -0.2) is 5.43 Å². The quantitative estimate of drug-likeness (QED) is 0.482. The van der Waals surface area contributed by atoms with Crippen molar-refractivity contribution in [1.82, 2.24) is 9.99 Å². The summed E-state index contributed by atoms with van der Waals surface area (Å²) in [7, 11) is 0. The average molecular weight is 414 g/mol. The number of phenolic OH excluding ortho intramolecular Hbond substituents is 1. The predicted molar refractivity (Wildman–Crippen MR) is 117 cm³/mol. The zero-order valence-corrected chi connectivity index (χ0v) is 16.9. The van der Waals surface area contributed by atoms with Crippen LogP contribution >= 0.6 is 0 Å². The summed E-state index contributed by atoms with van der Waals surface area (Å²) in [6, 6.07) is 13.3. The largest absolute Gasteiger partial charge is 0.507 e. The maximum atomic E-state index is 12.8. The Balaban J connectivity index is 1.49. The Morgan fingerprint density at radius 1 is 1.23 bits per heavy atom. The number of phenols is 1. The number of benzene rings is 2. The molecule has 31 heavy (non-hydrogen) atoms. The summed E-state index contributed by atoms with van der Waals surface area (Å²) in [5, 5.41) is 23.4. The van der Waals surface area contributed by atoms with E-state index in [1.165, 1.54) is 37.3 Å². The molecule has 1 saturated carbocycles. The zero-order valence-electron chi connectivity index (χ0n) is 16.9. The lowest BCUT2D eigenvalue weighted by Gasteiger charge is -2.09. The molecule has 2 aromatic carbocycles. The van der Waals surface area contributed by atoms with Crippen molar-refractivity contribution in [1.29, 1.82) is 5.26 Å². The second kappa shape index (κ2) is 8.84. The van der Waals surface area contributed by atoms with Crippen molar-refractivity contribution in [3.05, 3.63) is 65.4 Å². The Kier molecular flexibility index (Phi) is 5.80. The van der Waals surface area contributed by atoms with Crippen molar-refractivity contribution in [3.63, 3.8) is 0 Å². The molecule has 0 spiro atoms. The van der Waals surface area contributed by atoms with Gasteiger partial charge < -0.3 is 5.11 Å². The first-order valence-corrected chi connectivity index (χ1v) is 10.3. The van der Waals surface area contributed by atoms with Crippen LogP contribution in [0.5, 0.6) is 5.75 Å². The monoisotopic (exact) mass is 414 g/mol. The smallest absolute Gasteiger partial charge is 0.271 e. The van der Waals surface area contributed by atoms with Gasteiger partial charge in [-0.2, -0.15) is 10.4 Å². The van der Waals surface area contributed by atoms with E-state index in [-0.39, 0.29) is 22.8 Å². The fraction of sp³-hybridized carbons (Fsp3) is 0.250. The molecule has 1 aliphatic rings. The standard InChI is InChI=1S/C24H22N4O3/c25-14-19-13-17(8-9-22(19)29)24(31)27-26-15-18-6-3-7-21-20(18)10-11-28(21)23(30)12-16-4-1-2-5-16/h3,6-11,13,15-16,29H,1-2,4-5,12H2,(H,27,31). The normalized spacial score (nSPS) is 14.2. The van der Waals surface area contributed by atoms with Crippen molar-refractivity contribution < 1.29 is 14.7 Å². The molecule has 1 aliphatic carbocycles. The van der Waals surface area contributed by atoms with Gasteiger partial charge in [0.1, 0.15) is 11.8 Å². The molecular formula is C24H22N4O3. The number of nitrogens with zero attached hydrogens (tertiary/aromatic N) is 3. The van der Waals surface area contributed by atoms with Gasteiger partial charge in [-0.3, -0.25) is 14.2 Å². The van der Waals surface area contributed by atoms with Gasteiger partial charge in [0, 0.05) is 29.1 Å². The lowest BCUT2D eigenvalue weighted by molar-refractivity contribution is 0.0885. The first-order chi connectivity index (χ1) is 15.1. The van der Waals surface area contributed by atoms with Crippen LogP contribution in [0.15, 0.2) is 53.8 Å². The summed E-state index contributed by atoms with van der Waals surface area (Å²) in [6.07, 6.45) is 8.54. The molecular weight excluding hydrogens is 392 g/mol. The van der Waals surface area contributed by atoms with E-state index in [1.807, 2.05) is 30.3 Å². The minimum Gasteiger partial charge on any atom is -0.507 e. The number of aromatic hydroxyl groups is 1. The summed E-state index contributed by atoms with van der Waals surface area (Å²) in [5.74, 6) is -0.0956. The van der Waals surface area contributed by atoms with Crippen LogP contribution in [0.3, 0.4) is 0 Å². The van der Waals surface area contributed by atoms with Crippen molar-refractivity contribution in [2.45, 2.75) is 32.1 Å². The molecule has 156 valence electrons. The van der Waals surface area contributed by atoms with Crippen LogP contribution < -0.4 is 5.43 Å². The molecule has 3 aromatic rings. The number of aromatic nitrogens is 1. The van der Waals surface area contributed by atoms with Crippen molar-refractivity contribution >= 4 is 28.9 Å². The van der Waals surface area contributed by atoms with Crippen molar-refractivity contribution in [2.75, 3.05) is 0 Å². The molecule has 7 nitrogen and oxygen atoms in total. The molecule has 2 N–H and O–H groups in total. The molecule has 0 radical (unpaired) electrons. The molecule has 7 heteroatoms. The fourth-order valence-electron chi connectivity index (χ4n) is 4.07. The van der Waals surface area contributed by atoms with Gasteiger partial charge in [-0.1, -0.05) is 25.0 Å². The van der Waals surface area contributed by atoms with E-state index < -0.39 is 5.91 Å². The number of nitriles is 1. The number of amides is 1. The molecule has 1 fully saturated rings. The molecule has 0 aliphatic heterocycles. The average Bonchev–Trinajstić information content (AvgIpc) is 3.44. The molecule has 4 rings (SSSR count). The van der Waals surface area contributed by atoms with Gasteiger partial charge in [0.25, 0.3) is 5.91 Å². The van der Waals surface area contributed by atoms with Crippen LogP contribution in [-0.4, -0.2) is 27.7 Å². The number of hydrazone groups is 1. The molecule has 0 atom stereocenters. The molecule has 1 amide bonds. The van der Waals surface area contributed by atoms with E-state index in [0.29, 0.717) is 12.3 Å². The summed E-state index contributed by atoms with van der Waals surface area (Å²) >= 11 is 0. The highest BCUT2D eigenvalue weighted by Crippen LogP contribution is 2.29. The summed E-state index contributed by atoms with van der Waals surface area (Å²) in [4.78, 5) is 25.0. The van der Waals surface area contributed by atoms with E-state index in [2.05, 4.69) is 10.5 Å². The van der Waals surface area contributed by atoms with Crippen LogP contribution in [0.4, 0.5) is 0 Å². The van der Waals surface area contributed by atoms with E-state index in [1.54, 1.807) is 10.8 Å². The zero-order chi connectivity index (χ0) is 21.8. The third-order valence-corrected chi connectivity index (χ3v) is 5.72. The predicted octanol–water partition coefficient (Wildman–Crippen LogP) is 4.20. The van der Waals surface area contributed by atoms with E-state index in [0.717, 1.165) is 29.3 Å². The van der Waals surface area contributed by atoms with Crippen LogP contribution in [-0.2, 0) is 0 Å². The van der Waals surface area contributed by atoms with Crippen molar-refractivity contribution in [3.8, 4) is 11.8 Å². The minimum atomic E-state index is -0.496. The Hall–Kier alpha value is -3.92. The number of fused-ring (bicyclic) bond motifs is 1. The third-order valence-electron chi connectivity index (χ3n) is 5.72. The second-order valence-electron chi connectivity index (χ2n) is 7.76. The Labute approximate surface area is 179 Å². The maximum absolute atomic E-state index is 12.8. The van der Waals surface area contributed by atoms with Crippen LogP contribution in [0.2, 0.25) is 0 Å². The third kappa shape index (κ3) is 4.33. The molecule has 1 aromatic heterocycles. The first-order valence-electron chi connectivity index (χ1n) is 10.3. The number of hydrogen-bond donors (Lipinski definition) is 2. The number of rotatable bonds is 5. The van der Waals surface area contributed by atoms with E-state index in [4.69, 9.17) is 5.26 Å². The Bertz CT molecular complexity index is 1210. The lowest BCUT2D eigenvalue weighted by atomic mass is 10.0. The number of carbonyl (C=O) groups excluding carboxylic acids is 2. The van der Waals surface area contributed by atoms with Gasteiger partial charge >= 0.3 is 0 Å². The van der Waals surface area contributed by atoms with Gasteiger partial charge in [-0.15, -0.1) is 0 Å². The SMILES string of the molecule is N#Cc1cc(C(=O)NN=Cc2cccc3c2ccn3C(=O)CC2CCCC2)ccc1O. The topological polar surface area (TPSA) is 107 Å². The summed E-state index contributed by atoms with van der Waals surface area (Å²) in [6.45, 7) is 0. The fourth-order valence-corrected chi connectivity index (χ4v) is 4.07. The van der Waals surface area contributed by atoms with Gasteiger partial charge in [0.15, 0.2) is 0 Å². The Morgan fingerprint density at radius 2 is 2.03 bits per heavy atom. The van der Waals surface area contributed by atoms with Gasteiger partial charge in [-0.05, 0) is 49.1 Å². The summed E-state index contributed by atoms with van der Waals surface area (Å²) < 4.78 is 1.70. The van der Waals surface area contributed by atoms with Gasteiger partial charge in [0.2, 0.25) is 5.91 Å². The number of carbonyl (C=O) groups is 2. The molecule has 1 heterocycles. The summed E-state index contributed by atoms with van der Waals surface area (Å²) in [5.41, 5.74) is 4.25. The van der Waals surface area contributed by atoms with E-state index in [9.17, 15) is 14.7 Å². The second-order valence-corrected chi connectivity index (χ2v) is 7.76. The highest BCUT2D eigenvalue weighted by molar-refractivity contribution is 6.03. The molecule has 0 saturated heterocycles. The van der Waals surface area contributed by atoms with Crippen molar-refractivity contribution in [2.24, 2.45) is 11.0 Å². The van der Waals surface area contributed by atoms with Crippen LogP contribution in [0.25, 0.3) is 10.9 Å².